The molecule has 0 fully saturated rings. The largest absolute Gasteiger partial charge is 0.418 e. The van der Waals surface area contributed by atoms with Crippen LogP contribution in [0.15, 0.2) is 70.0 Å². The van der Waals surface area contributed by atoms with E-state index in [1.165, 1.54) is 36.5 Å². The standard InChI is InChI=1S/C27H26FN5O4/c1-16(2)24(25(36)27-32-31-22(37-27)14-18-6-4-5-17(3)13-18)30-21(34)15-33-23(35)11-12-29-26(33)19-7-9-20(28)10-8-19/h4-13,16,24H,14-15H2,1-3H3,(H,30,34)/t24-/m0/s1. The normalized spacial score (nSPS) is 11.9. The minimum absolute atomic E-state index is 0.202. The first-order valence-electron chi connectivity index (χ1n) is 11.7. The van der Waals surface area contributed by atoms with Gasteiger partial charge < -0.3 is 9.73 Å². The highest BCUT2D eigenvalue weighted by atomic mass is 19.1. The fourth-order valence-electron chi connectivity index (χ4n) is 3.87. The fraction of sp³-hybridized carbons (Fsp3) is 0.259. The van der Waals surface area contributed by atoms with Crippen molar-refractivity contribution in [3.8, 4) is 11.4 Å². The van der Waals surface area contributed by atoms with Gasteiger partial charge in [-0.1, -0.05) is 43.7 Å². The third-order valence-electron chi connectivity index (χ3n) is 5.72. The Morgan fingerprint density at radius 3 is 2.54 bits per heavy atom. The Kier molecular flexibility index (Phi) is 7.66. The number of ketones is 1. The molecule has 4 rings (SSSR count). The van der Waals surface area contributed by atoms with Crippen molar-refractivity contribution in [2.75, 3.05) is 0 Å². The van der Waals surface area contributed by atoms with E-state index >= 15 is 0 Å². The van der Waals surface area contributed by atoms with Gasteiger partial charge in [0.2, 0.25) is 17.6 Å². The minimum atomic E-state index is -0.957. The van der Waals surface area contributed by atoms with Gasteiger partial charge in [0, 0.05) is 17.8 Å². The molecule has 1 N–H and O–H groups in total. The van der Waals surface area contributed by atoms with Crippen LogP contribution in [0.1, 0.15) is 41.6 Å². The Labute approximate surface area is 212 Å². The lowest BCUT2D eigenvalue weighted by molar-refractivity contribution is -0.122. The van der Waals surface area contributed by atoms with Crippen molar-refractivity contribution in [3.05, 3.63) is 99.9 Å². The van der Waals surface area contributed by atoms with Crippen molar-refractivity contribution < 1.29 is 18.4 Å². The zero-order valence-corrected chi connectivity index (χ0v) is 20.6. The second kappa shape index (κ2) is 11.1. The van der Waals surface area contributed by atoms with Crippen LogP contribution in [0, 0.1) is 18.7 Å². The molecule has 0 saturated carbocycles. The molecule has 0 aliphatic rings. The zero-order valence-electron chi connectivity index (χ0n) is 20.6. The Hall–Kier alpha value is -4.47. The molecule has 4 aromatic rings. The molecule has 0 unspecified atom stereocenters. The molecule has 2 heterocycles. The van der Waals surface area contributed by atoms with E-state index in [9.17, 15) is 18.8 Å². The van der Waals surface area contributed by atoms with Crippen LogP contribution in [0.3, 0.4) is 0 Å². The maximum atomic E-state index is 13.4. The van der Waals surface area contributed by atoms with Gasteiger partial charge in [0.15, 0.2) is 0 Å². The first-order valence-corrected chi connectivity index (χ1v) is 11.7. The lowest BCUT2D eigenvalue weighted by Gasteiger charge is -2.20. The highest BCUT2D eigenvalue weighted by molar-refractivity contribution is 5.98. The van der Waals surface area contributed by atoms with Gasteiger partial charge in [0.1, 0.15) is 18.2 Å². The van der Waals surface area contributed by atoms with Gasteiger partial charge in [0.05, 0.1) is 12.5 Å². The number of Topliss-reactive ketones (excluding diaryl/α,β-unsaturated/α-hetero) is 1. The highest BCUT2D eigenvalue weighted by Crippen LogP contribution is 2.17. The van der Waals surface area contributed by atoms with Gasteiger partial charge in [0.25, 0.3) is 11.4 Å². The first kappa shape index (κ1) is 25.6. The maximum Gasteiger partial charge on any atom is 0.286 e. The predicted octanol–water partition coefficient (Wildman–Crippen LogP) is 3.36. The third kappa shape index (κ3) is 6.21. The van der Waals surface area contributed by atoms with Gasteiger partial charge >= 0.3 is 0 Å². The van der Waals surface area contributed by atoms with E-state index in [1.807, 2.05) is 31.2 Å². The number of nitrogens with zero attached hydrogens (tertiary/aromatic N) is 4. The molecule has 2 aromatic carbocycles. The summed E-state index contributed by atoms with van der Waals surface area (Å²) in [5.74, 6) is -1.55. The Morgan fingerprint density at radius 2 is 1.84 bits per heavy atom. The van der Waals surface area contributed by atoms with Crippen LogP contribution in [0.4, 0.5) is 4.39 Å². The molecule has 0 aliphatic carbocycles. The molecule has 0 radical (unpaired) electrons. The molecule has 2 aromatic heterocycles. The number of benzene rings is 2. The van der Waals surface area contributed by atoms with E-state index in [0.717, 1.165) is 15.7 Å². The fourth-order valence-corrected chi connectivity index (χ4v) is 3.87. The Bertz CT molecular complexity index is 1480. The van der Waals surface area contributed by atoms with E-state index in [1.54, 1.807) is 13.8 Å². The van der Waals surface area contributed by atoms with E-state index < -0.39 is 35.7 Å². The van der Waals surface area contributed by atoms with Crippen LogP contribution < -0.4 is 10.9 Å². The summed E-state index contributed by atoms with van der Waals surface area (Å²) in [5.41, 5.74) is 2.06. The van der Waals surface area contributed by atoms with Gasteiger partial charge in [-0.2, -0.15) is 0 Å². The molecular weight excluding hydrogens is 477 g/mol. The topological polar surface area (TPSA) is 120 Å². The summed E-state index contributed by atoms with van der Waals surface area (Å²) < 4.78 is 20.1. The number of aromatic nitrogens is 4. The maximum absolute atomic E-state index is 13.4. The van der Waals surface area contributed by atoms with Crippen LogP contribution >= 0.6 is 0 Å². The number of hydrogen-bond acceptors (Lipinski definition) is 7. The highest BCUT2D eigenvalue weighted by Gasteiger charge is 2.30. The van der Waals surface area contributed by atoms with Crippen LogP contribution in [-0.4, -0.2) is 37.5 Å². The molecule has 190 valence electrons. The van der Waals surface area contributed by atoms with Gasteiger partial charge in [-0.05, 0) is 42.7 Å². The Balaban J connectivity index is 1.50. The average Bonchev–Trinajstić information content (AvgIpc) is 3.32. The lowest BCUT2D eigenvalue weighted by atomic mass is 9.99. The summed E-state index contributed by atoms with van der Waals surface area (Å²) in [5, 5.41) is 10.6. The van der Waals surface area contributed by atoms with Gasteiger partial charge in [-0.25, -0.2) is 9.37 Å². The smallest absolute Gasteiger partial charge is 0.286 e. The molecule has 9 nitrogen and oxygen atoms in total. The molecule has 0 aliphatic heterocycles. The number of rotatable bonds is 9. The SMILES string of the molecule is Cc1cccc(Cc2nnc(C(=O)[C@@H](NC(=O)Cn3c(-c4ccc(F)cc4)nccc3=O)C(C)C)o2)c1. The second-order valence-electron chi connectivity index (χ2n) is 9.02. The van der Waals surface area contributed by atoms with Crippen molar-refractivity contribution in [2.24, 2.45) is 5.92 Å². The monoisotopic (exact) mass is 503 g/mol. The molecule has 0 bridgehead atoms. The summed E-state index contributed by atoms with van der Waals surface area (Å²) in [6, 6.07) is 13.5. The number of halogens is 1. The molecule has 1 amide bonds. The average molecular weight is 504 g/mol. The molecular formula is C27H26FN5O4. The summed E-state index contributed by atoms with van der Waals surface area (Å²) in [6.07, 6.45) is 1.69. The molecule has 1 atom stereocenters. The molecule has 0 spiro atoms. The minimum Gasteiger partial charge on any atom is -0.418 e. The number of carbonyl (C=O) groups is 2. The quantitative estimate of drug-likeness (QED) is 0.348. The van der Waals surface area contributed by atoms with Crippen LogP contribution in [-0.2, 0) is 17.8 Å². The molecule has 37 heavy (non-hydrogen) atoms. The third-order valence-corrected chi connectivity index (χ3v) is 5.72. The van der Waals surface area contributed by atoms with Crippen molar-refractivity contribution >= 4 is 11.7 Å². The van der Waals surface area contributed by atoms with Crippen molar-refractivity contribution in [2.45, 2.75) is 39.8 Å². The number of amides is 1. The summed E-state index contributed by atoms with van der Waals surface area (Å²) >= 11 is 0. The lowest BCUT2D eigenvalue weighted by Crippen LogP contribution is -2.46. The predicted molar refractivity (Wildman–Crippen MR) is 133 cm³/mol. The van der Waals surface area contributed by atoms with Crippen molar-refractivity contribution in [3.63, 3.8) is 0 Å². The number of carbonyl (C=O) groups excluding carboxylic acids is 2. The molecule has 10 heteroatoms. The van der Waals surface area contributed by atoms with E-state index in [0.29, 0.717) is 12.0 Å². The summed E-state index contributed by atoms with van der Waals surface area (Å²) in [6.45, 7) is 5.13. The van der Waals surface area contributed by atoms with Crippen molar-refractivity contribution in [1.82, 2.24) is 25.1 Å². The van der Waals surface area contributed by atoms with E-state index in [4.69, 9.17) is 4.42 Å². The molecule has 0 saturated heterocycles. The van der Waals surface area contributed by atoms with Gasteiger partial charge in [-0.15, -0.1) is 10.2 Å². The number of nitrogens with one attached hydrogen (secondary N) is 1. The van der Waals surface area contributed by atoms with Crippen LogP contribution in [0.25, 0.3) is 11.4 Å². The van der Waals surface area contributed by atoms with Crippen LogP contribution in [0.2, 0.25) is 0 Å². The summed E-state index contributed by atoms with van der Waals surface area (Å²) in [7, 11) is 0. The second-order valence-corrected chi connectivity index (χ2v) is 9.02. The van der Waals surface area contributed by atoms with E-state index in [2.05, 4.69) is 20.5 Å². The van der Waals surface area contributed by atoms with Gasteiger partial charge in [-0.3, -0.25) is 19.0 Å². The summed E-state index contributed by atoms with van der Waals surface area (Å²) in [4.78, 5) is 42.8. The Morgan fingerprint density at radius 1 is 1.08 bits per heavy atom. The zero-order chi connectivity index (χ0) is 26.5. The first-order chi connectivity index (χ1) is 17.7. The van der Waals surface area contributed by atoms with Crippen molar-refractivity contribution in [1.29, 1.82) is 0 Å². The van der Waals surface area contributed by atoms with Crippen LogP contribution in [0.5, 0.6) is 0 Å². The number of hydrogen-bond donors (Lipinski definition) is 1. The number of aryl methyl sites for hydroxylation is 1. The van der Waals surface area contributed by atoms with E-state index in [-0.39, 0.29) is 23.5 Å².